The third kappa shape index (κ3) is 6.80. The van der Waals surface area contributed by atoms with Gasteiger partial charge in [-0.1, -0.05) is 49.9 Å². The minimum absolute atomic E-state index is 0.0601. The Kier molecular flexibility index (Phi) is 7.66. The number of hydrogen-bond donors (Lipinski definition) is 2. The van der Waals surface area contributed by atoms with Gasteiger partial charge in [0.1, 0.15) is 0 Å². The zero-order chi connectivity index (χ0) is 19.1. The Hall–Kier alpha value is -1.86. The lowest BCUT2D eigenvalue weighted by Gasteiger charge is -2.15. The van der Waals surface area contributed by atoms with Crippen LogP contribution in [0.2, 0.25) is 0 Å². The van der Waals surface area contributed by atoms with Crippen LogP contribution < -0.4 is 5.32 Å². The van der Waals surface area contributed by atoms with Crippen LogP contribution >= 0.6 is 23.1 Å². The molecule has 1 aromatic carbocycles. The molecule has 1 amide bonds. The number of thioether (sulfide) groups is 1. The largest absolute Gasteiger partial charge is 0.481 e. The SMILES string of the molecule is CC(C)Cc1ccc([C@@H](C)NC(=O)CSc2nc(CC(=O)O)cs2)cc1. The summed E-state index contributed by atoms with van der Waals surface area (Å²) in [4.78, 5) is 27.0. The summed E-state index contributed by atoms with van der Waals surface area (Å²) in [5.41, 5.74) is 2.91. The summed E-state index contributed by atoms with van der Waals surface area (Å²) in [5.74, 6) is -0.0889. The average molecular weight is 393 g/mol. The first-order valence-electron chi connectivity index (χ1n) is 8.50. The number of nitrogens with one attached hydrogen (secondary N) is 1. The van der Waals surface area contributed by atoms with Gasteiger partial charge in [0.25, 0.3) is 0 Å². The second-order valence-corrected chi connectivity index (χ2v) is 8.67. The Balaban J connectivity index is 1.81. The quantitative estimate of drug-likeness (QED) is 0.632. The minimum Gasteiger partial charge on any atom is -0.481 e. The van der Waals surface area contributed by atoms with Crippen molar-refractivity contribution in [3.8, 4) is 0 Å². The molecular weight excluding hydrogens is 368 g/mol. The van der Waals surface area contributed by atoms with Gasteiger partial charge in [-0.25, -0.2) is 4.98 Å². The van der Waals surface area contributed by atoms with Gasteiger partial charge in [0.2, 0.25) is 5.91 Å². The van der Waals surface area contributed by atoms with E-state index in [0.29, 0.717) is 16.0 Å². The van der Waals surface area contributed by atoms with Crippen LogP contribution in [0.4, 0.5) is 0 Å². The maximum absolute atomic E-state index is 12.1. The number of carbonyl (C=O) groups is 2. The molecule has 0 aliphatic rings. The highest BCUT2D eigenvalue weighted by Gasteiger charge is 2.12. The van der Waals surface area contributed by atoms with Gasteiger partial charge in [-0.05, 0) is 30.4 Å². The second kappa shape index (κ2) is 9.73. The van der Waals surface area contributed by atoms with E-state index in [2.05, 4.69) is 48.4 Å². The zero-order valence-corrected chi connectivity index (χ0v) is 16.8. The molecule has 1 heterocycles. The predicted octanol–water partition coefficient (Wildman–Crippen LogP) is 3.94. The standard InChI is InChI=1S/C19H24N2O3S2/c1-12(2)8-14-4-6-15(7-5-14)13(3)20-17(22)11-26-19-21-16(10-25-19)9-18(23)24/h4-7,10,12-13H,8-9,11H2,1-3H3,(H,20,22)(H,23,24)/t13-/m1/s1. The van der Waals surface area contributed by atoms with Gasteiger partial charge in [0.05, 0.1) is 23.9 Å². The number of benzene rings is 1. The fraction of sp³-hybridized carbons (Fsp3) is 0.421. The summed E-state index contributed by atoms with van der Waals surface area (Å²) in [6.07, 6.45) is 0.961. The summed E-state index contributed by atoms with van der Waals surface area (Å²) in [6.45, 7) is 6.36. The number of carbonyl (C=O) groups excluding carboxylic acids is 1. The molecule has 0 unspecified atom stereocenters. The fourth-order valence-corrected chi connectivity index (χ4v) is 4.15. The molecule has 2 N–H and O–H groups in total. The van der Waals surface area contributed by atoms with Crippen LogP contribution in [0.3, 0.4) is 0 Å². The van der Waals surface area contributed by atoms with Crippen LogP contribution in [0.5, 0.6) is 0 Å². The van der Waals surface area contributed by atoms with Crippen molar-refractivity contribution in [3.05, 3.63) is 46.5 Å². The van der Waals surface area contributed by atoms with Gasteiger partial charge in [-0.3, -0.25) is 9.59 Å². The molecular formula is C19H24N2O3S2. The van der Waals surface area contributed by atoms with Crippen molar-refractivity contribution in [2.45, 2.75) is 44.0 Å². The molecule has 0 radical (unpaired) electrons. The monoisotopic (exact) mass is 392 g/mol. The molecule has 5 nitrogen and oxygen atoms in total. The smallest absolute Gasteiger partial charge is 0.309 e. The Labute approximate surface area is 162 Å². The van der Waals surface area contributed by atoms with Crippen LogP contribution in [0.15, 0.2) is 34.0 Å². The van der Waals surface area contributed by atoms with Crippen LogP contribution in [0.1, 0.15) is 43.6 Å². The van der Waals surface area contributed by atoms with Crippen LogP contribution in [0, 0.1) is 5.92 Å². The molecule has 0 aliphatic heterocycles. The Morgan fingerprint density at radius 3 is 2.54 bits per heavy atom. The molecule has 0 saturated carbocycles. The van der Waals surface area contributed by atoms with Crippen molar-refractivity contribution in [2.75, 3.05) is 5.75 Å². The summed E-state index contributed by atoms with van der Waals surface area (Å²) in [5, 5.41) is 13.5. The lowest BCUT2D eigenvalue weighted by atomic mass is 10.00. The predicted molar refractivity (Wildman–Crippen MR) is 106 cm³/mol. The van der Waals surface area contributed by atoms with Crippen LogP contribution in [-0.2, 0) is 22.4 Å². The van der Waals surface area contributed by atoms with Crippen LogP contribution in [-0.4, -0.2) is 27.7 Å². The van der Waals surface area contributed by atoms with Crippen molar-refractivity contribution in [1.29, 1.82) is 0 Å². The lowest BCUT2D eigenvalue weighted by molar-refractivity contribution is -0.136. The molecule has 1 aromatic heterocycles. The number of thiazole rings is 1. The minimum atomic E-state index is -0.905. The number of aromatic nitrogens is 1. The molecule has 0 saturated heterocycles. The topological polar surface area (TPSA) is 79.3 Å². The fourth-order valence-electron chi connectivity index (χ4n) is 2.50. The van der Waals surface area contributed by atoms with Gasteiger partial charge >= 0.3 is 5.97 Å². The molecule has 7 heteroatoms. The molecule has 140 valence electrons. The van der Waals surface area contributed by atoms with Crippen molar-refractivity contribution >= 4 is 35.0 Å². The molecule has 2 rings (SSSR count). The zero-order valence-electron chi connectivity index (χ0n) is 15.2. The molecule has 1 atom stereocenters. The number of nitrogens with zero attached hydrogens (tertiary/aromatic N) is 1. The van der Waals surface area contributed by atoms with Gasteiger partial charge < -0.3 is 10.4 Å². The van der Waals surface area contributed by atoms with Gasteiger partial charge in [0.15, 0.2) is 4.34 Å². The molecule has 0 spiro atoms. The van der Waals surface area contributed by atoms with E-state index in [9.17, 15) is 9.59 Å². The Bertz CT molecular complexity index is 741. The molecule has 0 bridgehead atoms. The highest BCUT2D eigenvalue weighted by atomic mass is 32.2. The summed E-state index contributed by atoms with van der Waals surface area (Å²) in [7, 11) is 0. The molecule has 2 aromatic rings. The number of carboxylic acid groups (broad SMARTS) is 1. The first-order valence-corrected chi connectivity index (χ1v) is 10.4. The maximum Gasteiger partial charge on any atom is 0.309 e. The number of rotatable bonds is 9. The highest BCUT2D eigenvalue weighted by molar-refractivity contribution is 8.01. The van der Waals surface area contributed by atoms with E-state index in [1.807, 2.05) is 6.92 Å². The van der Waals surface area contributed by atoms with Crippen molar-refractivity contribution < 1.29 is 14.7 Å². The Morgan fingerprint density at radius 2 is 1.92 bits per heavy atom. The van der Waals surface area contributed by atoms with Crippen molar-refractivity contribution in [3.63, 3.8) is 0 Å². The summed E-state index contributed by atoms with van der Waals surface area (Å²) < 4.78 is 0.710. The maximum atomic E-state index is 12.1. The van der Waals surface area contributed by atoms with Crippen molar-refractivity contribution in [2.24, 2.45) is 5.92 Å². The molecule has 0 fully saturated rings. The first-order chi connectivity index (χ1) is 12.3. The van der Waals surface area contributed by atoms with Crippen molar-refractivity contribution in [1.82, 2.24) is 10.3 Å². The molecule has 26 heavy (non-hydrogen) atoms. The first kappa shape index (κ1) is 20.5. The van der Waals surface area contributed by atoms with Gasteiger partial charge in [-0.2, -0.15) is 0 Å². The lowest BCUT2D eigenvalue weighted by Crippen LogP contribution is -2.28. The summed E-state index contributed by atoms with van der Waals surface area (Å²) >= 11 is 2.69. The second-order valence-electron chi connectivity index (χ2n) is 6.59. The number of aliphatic carboxylic acids is 1. The number of carboxylic acids is 1. The van der Waals surface area contributed by atoms with E-state index in [4.69, 9.17) is 5.11 Å². The third-order valence-corrected chi connectivity index (χ3v) is 5.76. The average Bonchev–Trinajstić information content (AvgIpc) is 2.99. The van der Waals surface area contributed by atoms with E-state index >= 15 is 0 Å². The van der Waals surface area contributed by atoms with E-state index < -0.39 is 5.97 Å². The van der Waals surface area contributed by atoms with Crippen LogP contribution in [0.25, 0.3) is 0 Å². The van der Waals surface area contributed by atoms with E-state index in [1.54, 1.807) is 5.38 Å². The normalized spacial score (nSPS) is 12.2. The van der Waals surface area contributed by atoms with E-state index in [-0.39, 0.29) is 24.1 Å². The van der Waals surface area contributed by atoms with E-state index in [0.717, 1.165) is 12.0 Å². The Morgan fingerprint density at radius 1 is 1.23 bits per heavy atom. The number of amides is 1. The van der Waals surface area contributed by atoms with Gasteiger partial charge in [0, 0.05) is 5.38 Å². The highest BCUT2D eigenvalue weighted by Crippen LogP contribution is 2.23. The number of hydrogen-bond acceptors (Lipinski definition) is 5. The molecule has 0 aliphatic carbocycles. The van der Waals surface area contributed by atoms with E-state index in [1.165, 1.54) is 28.7 Å². The van der Waals surface area contributed by atoms with Gasteiger partial charge in [-0.15, -0.1) is 11.3 Å². The summed E-state index contributed by atoms with van der Waals surface area (Å²) in [6, 6.07) is 8.30. The third-order valence-electron chi connectivity index (χ3n) is 3.69.